The summed E-state index contributed by atoms with van der Waals surface area (Å²) < 4.78 is 12.1. The molecule has 15 heavy (non-hydrogen) atoms. The standard InChI is InChI=1S/C11H13IO3/c1-11(2,3)15-12-9-7-5-4-6-8(9)10(13)14-12/h4-7H,1-3H3. The fourth-order valence-corrected chi connectivity index (χ4v) is 4.92. The van der Waals surface area contributed by atoms with E-state index in [9.17, 15) is 4.79 Å². The molecule has 1 aliphatic rings. The third-order valence-corrected chi connectivity index (χ3v) is 6.11. The molecule has 1 aromatic carbocycles. The van der Waals surface area contributed by atoms with Crippen molar-refractivity contribution in [2.75, 3.05) is 0 Å². The number of fused-ring (bicyclic) bond motifs is 1. The molecule has 0 radical (unpaired) electrons. The van der Waals surface area contributed by atoms with Crippen molar-refractivity contribution in [1.29, 1.82) is 0 Å². The summed E-state index contributed by atoms with van der Waals surface area (Å²) in [7, 11) is 0. The Hall–Kier alpha value is -0.620. The van der Waals surface area contributed by atoms with Crippen LogP contribution in [0.15, 0.2) is 24.3 Å². The number of hydrogen-bond acceptors (Lipinski definition) is 3. The van der Waals surface area contributed by atoms with Crippen LogP contribution in [-0.4, -0.2) is 11.6 Å². The van der Waals surface area contributed by atoms with Crippen LogP contribution in [0.25, 0.3) is 0 Å². The topological polar surface area (TPSA) is 35.5 Å². The summed E-state index contributed by atoms with van der Waals surface area (Å²) in [4.78, 5) is 11.5. The number of rotatable bonds is 1. The van der Waals surface area contributed by atoms with E-state index in [0.29, 0.717) is 5.56 Å². The first-order chi connectivity index (χ1) is 6.97. The van der Waals surface area contributed by atoms with E-state index < -0.39 is 20.6 Å². The van der Waals surface area contributed by atoms with Gasteiger partial charge in [0, 0.05) is 0 Å². The summed E-state index contributed by atoms with van der Waals surface area (Å²) in [5.41, 5.74) is 0.412. The third kappa shape index (κ3) is 2.31. The van der Waals surface area contributed by atoms with Gasteiger partial charge in [-0.25, -0.2) is 0 Å². The Labute approximate surface area is 97.3 Å². The number of hydrogen-bond donors (Lipinski definition) is 0. The van der Waals surface area contributed by atoms with Crippen molar-refractivity contribution in [2.24, 2.45) is 0 Å². The van der Waals surface area contributed by atoms with Crippen molar-refractivity contribution in [3.05, 3.63) is 33.4 Å². The first-order valence-electron chi connectivity index (χ1n) is 4.69. The molecule has 0 N–H and O–H groups in total. The van der Waals surface area contributed by atoms with Crippen molar-refractivity contribution < 1.29 is 10.9 Å². The average Bonchev–Trinajstić information content (AvgIpc) is 2.42. The van der Waals surface area contributed by atoms with Gasteiger partial charge >= 0.3 is 97.3 Å². The van der Waals surface area contributed by atoms with E-state index in [2.05, 4.69) is 0 Å². The quantitative estimate of drug-likeness (QED) is 0.746. The van der Waals surface area contributed by atoms with Gasteiger partial charge in [-0.3, -0.25) is 0 Å². The molecular weight excluding hydrogens is 307 g/mol. The van der Waals surface area contributed by atoms with E-state index in [0.717, 1.165) is 3.57 Å². The molecular formula is C11H13IO3. The van der Waals surface area contributed by atoms with Gasteiger partial charge in [-0.15, -0.1) is 0 Å². The van der Waals surface area contributed by atoms with Crippen LogP contribution in [0.3, 0.4) is 0 Å². The molecule has 1 heterocycles. The van der Waals surface area contributed by atoms with Crippen molar-refractivity contribution in [1.82, 2.24) is 0 Å². The van der Waals surface area contributed by atoms with Gasteiger partial charge in [0.25, 0.3) is 0 Å². The Morgan fingerprint density at radius 1 is 1.27 bits per heavy atom. The monoisotopic (exact) mass is 320 g/mol. The molecule has 2 rings (SSSR count). The van der Waals surface area contributed by atoms with Gasteiger partial charge in [-0.2, -0.15) is 0 Å². The van der Waals surface area contributed by atoms with Crippen LogP contribution in [-0.2, 0) is 6.13 Å². The van der Waals surface area contributed by atoms with E-state index in [1.807, 2.05) is 39.0 Å². The molecule has 0 amide bonds. The second kappa shape index (κ2) is 3.75. The molecule has 82 valence electrons. The summed E-state index contributed by atoms with van der Waals surface area (Å²) >= 11 is -2.20. The number of carbonyl (C=O) groups excluding carboxylic acids is 1. The van der Waals surface area contributed by atoms with Gasteiger partial charge in [0.15, 0.2) is 0 Å². The molecule has 4 heteroatoms. The summed E-state index contributed by atoms with van der Waals surface area (Å²) in [5, 5.41) is 0. The second-order valence-electron chi connectivity index (χ2n) is 4.25. The predicted octanol–water partition coefficient (Wildman–Crippen LogP) is 3.18. The zero-order valence-corrected chi connectivity index (χ0v) is 11.1. The minimum atomic E-state index is -2.20. The van der Waals surface area contributed by atoms with E-state index >= 15 is 0 Å². The number of halogens is 1. The Morgan fingerprint density at radius 2 is 1.93 bits per heavy atom. The van der Waals surface area contributed by atoms with Gasteiger partial charge < -0.3 is 0 Å². The van der Waals surface area contributed by atoms with Gasteiger partial charge in [0.2, 0.25) is 0 Å². The molecule has 0 bridgehead atoms. The Kier molecular flexibility index (Phi) is 2.72. The molecule has 0 aromatic heterocycles. The molecule has 1 aliphatic heterocycles. The fraction of sp³-hybridized carbons (Fsp3) is 0.364. The summed E-state index contributed by atoms with van der Waals surface area (Å²) in [6, 6.07) is 7.48. The molecule has 0 spiro atoms. The van der Waals surface area contributed by atoms with E-state index in [-0.39, 0.29) is 11.6 Å². The molecule has 0 unspecified atom stereocenters. The van der Waals surface area contributed by atoms with Crippen LogP contribution in [0.5, 0.6) is 0 Å². The van der Waals surface area contributed by atoms with Crippen LogP contribution in [0.4, 0.5) is 0 Å². The summed E-state index contributed by atoms with van der Waals surface area (Å²) in [5.74, 6) is -0.236. The van der Waals surface area contributed by atoms with Crippen LogP contribution < -0.4 is 0 Å². The number of carbonyl (C=O) groups is 1. The molecule has 0 saturated heterocycles. The first-order valence-corrected chi connectivity index (χ1v) is 7.53. The van der Waals surface area contributed by atoms with Crippen molar-refractivity contribution in [2.45, 2.75) is 26.4 Å². The SMILES string of the molecule is CC(C)(C)OI1OC(=O)c2ccccc21. The van der Waals surface area contributed by atoms with Crippen LogP contribution >= 0.6 is 20.6 Å². The van der Waals surface area contributed by atoms with Crippen molar-refractivity contribution >= 4 is 26.6 Å². The van der Waals surface area contributed by atoms with E-state index in [1.54, 1.807) is 6.07 Å². The Bertz CT molecular complexity index is 395. The maximum absolute atomic E-state index is 11.5. The Balaban J connectivity index is 2.29. The van der Waals surface area contributed by atoms with E-state index in [4.69, 9.17) is 6.13 Å². The van der Waals surface area contributed by atoms with Crippen LogP contribution in [0.1, 0.15) is 31.1 Å². The van der Waals surface area contributed by atoms with Gasteiger partial charge in [-0.05, 0) is 0 Å². The number of benzene rings is 1. The van der Waals surface area contributed by atoms with E-state index in [1.165, 1.54) is 0 Å². The minimum absolute atomic E-state index is 0.236. The molecule has 0 atom stereocenters. The second-order valence-corrected chi connectivity index (χ2v) is 7.53. The average molecular weight is 320 g/mol. The zero-order valence-electron chi connectivity index (χ0n) is 8.91. The van der Waals surface area contributed by atoms with Gasteiger partial charge in [-0.1, -0.05) is 0 Å². The maximum atomic E-state index is 11.5. The molecule has 3 nitrogen and oxygen atoms in total. The normalized spacial score (nSPS) is 17.5. The first kappa shape index (κ1) is 10.9. The molecule has 0 aliphatic carbocycles. The predicted molar refractivity (Wildman–Crippen MR) is 65.4 cm³/mol. The molecule has 0 saturated carbocycles. The van der Waals surface area contributed by atoms with Gasteiger partial charge in [0.05, 0.1) is 0 Å². The van der Waals surface area contributed by atoms with Gasteiger partial charge in [0.1, 0.15) is 0 Å². The van der Waals surface area contributed by atoms with Crippen molar-refractivity contribution in [3.63, 3.8) is 0 Å². The molecule has 0 fully saturated rings. The molecule has 1 aromatic rings. The fourth-order valence-electron chi connectivity index (χ4n) is 1.18. The third-order valence-electron chi connectivity index (χ3n) is 1.70. The summed E-state index contributed by atoms with van der Waals surface area (Å²) in [6.07, 6.45) is 0. The Morgan fingerprint density at radius 3 is 2.60 bits per heavy atom. The van der Waals surface area contributed by atoms with Crippen LogP contribution in [0, 0.1) is 3.57 Å². The zero-order chi connectivity index (χ0) is 11.1. The van der Waals surface area contributed by atoms with Crippen LogP contribution in [0.2, 0.25) is 0 Å². The summed E-state index contributed by atoms with van der Waals surface area (Å²) in [6.45, 7) is 5.91. The van der Waals surface area contributed by atoms with Crippen molar-refractivity contribution in [3.8, 4) is 0 Å².